The average molecular weight is 178 g/mol. The number of benzene rings is 1. The van der Waals surface area contributed by atoms with Crippen LogP contribution in [-0.2, 0) is 0 Å². The van der Waals surface area contributed by atoms with Gasteiger partial charge in [-0.05, 0) is 19.1 Å². The molecule has 0 atom stereocenters. The Bertz CT molecular complexity index is 514. The maximum Gasteiger partial charge on any atom is 0.195 e. The predicted molar refractivity (Wildman–Crippen MR) is 47.2 cm³/mol. The zero-order chi connectivity index (χ0) is 9.42. The quantitative estimate of drug-likeness (QED) is 0.619. The first-order valence-electron chi connectivity index (χ1n) is 3.87. The molecule has 0 aliphatic carbocycles. The summed E-state index contributed by atoms with van der Waals surface area (Å²) in [5.74, 6) is -0.0469. The fourth-order valence-electron chi connectivity index (χ4n) is 1.29. The molecule has 2 nitrogen and oxygen atoms in total. The van der Waals surface area contributed by atoms with Crippen molar-refractivity contribution in [2.45, 2.75) is 6.92 Å². The SMILES string of the molecule is Cc1cc(=O)c2c(F)cccc2o1. The van der Waals surface area contributed by atoms with E-state index in [1.165, 1.54) is 18.2 Å². The lowest BCUT2D eigenvalue weighted by Crippen LogP contribution is -2.02. The van der Waals surface area contributed by atoms with Gasteiger partial charge < -0.3 is 4.42 Å². The molecule has 13 heavy (non-hydrogen) atoms. The van der Waals surface area contributed by atoms with Gasteiger partial charge in [-0.3, -0.25) is 4.79 Å². The first-order chi connectivity index (χ1) is 6.18. The zero-order valence-corrected chi connectivity index (χ0v) is 7.00. The van der Waals surface area contributed by atoms with Gasteiger partial charge in [0.05, 0.1) is 0 Å². The summed E-state index contributed by atoms with van der Waals surface area (Å²) in [4.78, 5) is 11.3. The molecule has 66 valence electrons. The summed E-state index contributed by atoms with van der Waals surface area (Å²) in [6, 6.07) is 5.62. The summed E-state index contributed by atoms with van der Waals surface area (Å²) in [5, 5.41) is 0.0214. The first kappa shape index (κ1) is 7.98. The second-order valence-corrected chi connectivity index (χ2v) is 2.83. The minimum Gasteiger partial charge on any atom is -0.461 e. The molecule has 1 aromatic carbocycles. The smallest absolute Gasteiger partial charge is 0.195 e. The Morgan fingerprint density at radius 3 is 2.92 bits per heavy atom. The van der Waals surface area contributed by atoms with Gasteiger partial charge in [-0.25, -0.2) is 4.39 Å². The molecule has 0 aliphatic rings. The molecule has 1 heterocycles. The van der Waals surface area contributed by atoms with Gasteiger partial charge in [-0.1, -0.05) is 6.07 Å². The monoisotopic (exact) mass is 178 g/mol. The number of rotatable bonds is 0. The highest BCUT2D eigenvalue weighted by Crippen LogP contribution is 2.14. The number of aryl methyl sites for hydroxylation is 1. The van der Waals surface area contributed by atoms with E-state index >= 15 is 0 Å². The Kier molecular flexibility index (Phi) is 1.65. The Hall–Kier alpha value is -1.64. The summed E-state index contributed by atoms with van der Waals surface area (Å²) in [6.45, 7) is 1.66. The number of fused-ring (bicyclic) bond motifs is 1. The molecule has 2 rings (SSSR count). The van der Waals surface area contributed by atoms with Gasteiger partial charge in [-0.2, -0.15) is 0 Å². The van der Waals surface area contributed by atoms with Crippen LogP contribution in [0.1, 0.15) is 5.76 Å². The molecule has 3 heteroatoms. The van der Waals surface area contributed by atoms with E-state index in [-0.39, 0.29) is 10.8 Å². The van der Waals surface area contributed by atoms with Crippen molar-refractivity contribution < 1.29 is 8.81 Å². The molecule has 0 radical (unpaired) electrons. The second kappa shape index (κ2) is 2.69. The maximum atomic E-state index is 13.1. The highest BCUT2D eigenvalue weighted by molar-refractivity contribution is 5.76. The van der Waals surface area contributed by atoms with Crippen LogP contribution in [0.2, 0.25) is 0 Å². The van der Waals surface area contributed by atoms with Crippen LogP contribution < -0.4 is 5.43 Å². The molecule has 0 fully saturated rings. The van der Waals surface area contributed by atoms with Gasteiger partial charge in [0.2, 0.25) is 0 Å². The molecular formula is C10H7FO2. The zero-order valence-electron chi connectivity index (χ0n) is 7.00. The fraction of sp³-hybridized carbons (Fsp3) is 0.100. The molecule has 2 aromatic rings. The van der Waals surface area contributed by atoms with Crippen molar-refractivity contribution in [3.63, 3.8) is 0 Å². The number of hydrogen-bond donors (Lipinski definition) is 0. The van der Waals surface area contributed by atoms with Crippen LogP contribution in [0.15, 0.2) is 33.5 Å². The van der Waals surface area contributed by atoms with Gasteiger partial charge in [0.25, 0.3) is 0 Å². The average Bonchev–Trinajstić information content (AvgIpc) is 2.02. The van der Waals surface area contributed by atoms with E-state index in [0.717, 1.165) is 0 Å². The summed E-state index contributed by atoms with van der Waals surface area (Å²) >= 11 is 0. The third-order valence-corrected chi connectivity index (χ3v) is 1.83. The lowest BCUT2D eigenvalue weighted by molar-refractivity contribution is 0.559. The molecular weight excluding hydrogens is 171 g/mol. The van der Waals surface area contributed by atoms with E-state index in [9.17, 15) is 9.18 Å². The van der Waals surface area contributed by atoms with E-state index in [1.54, 1.807) is 13.0 Å². The highest BCUT2D eigenvalue weighted by Gasteiger charge is 2.06. The van der Waals surface area contributed by atoms with Gasteiger partial charge in [0.1, 0.15) is 22.5 Å². The minimum atomic E-state index is -0.536. The number of hydrogen-bond acceptors (Lipinski definition) is 2. The van der Waals surface area contributed by atoms with Crippen molar-refractivity contribution in [3.8, 4) is 0 Å². The van der Waals surface area contributed by atoms with E-state index in [4.69, 9.17) is 4.42 Å². The van der Waals surface area contributed by atoms with E-state index in [1.807, 2.05) is 0 Å². The lowest BCUT2D eigenvalue weighted by atomic mass is 10.2. The van der Waals surface area contributed by atoms with Gasteiger partial charge in [0.15, 0.2) is 5.43 Å². The van der Waals surface area contributed by atoms with E-state index in [2.05, 4.69) is 0 Å². The molecule has 0 spiro atoms. The van der Waals surface area contributed by atoms with Crippen LogP contribution in [0.25, 0.3) is 11.0 Å². The largest absolute Gasteiger partial charge is 0.461 e. The molecule has 0 saturated carbocycles. The van der Waals surface area contributed by atoms with Crippen LogP contribution in [0.5, 0.6) is 0 Å². The van der Waals surface area contributed by atoms with Crippen molar-refractivity contribution >= 4 is 11.0 Å². The standard InChI is InChI=1S/C10H7FO2/c1-6-5-8(12)10-7(11)3-2-4-9(10)13-6/h2-5H,1H3. The molecule has 0 unspecified atom stereocenters. The third kappa shape index (κ3) is 1.22. The summed E-state index contributed by atoms with van der Waals surface area (Å²) in [6.07, 6.45) is 0. The highest BCUT2D eigenvalue weighted by atomic mass is 19.1. The van der Waals surface area contributed by atoms with Crippen molar-refractivity contribution in [3.05, 3.63) is 46.1 Å². The van der Waals surface area contributed by atoms with Crippen molar-refractivity contribution in [1.82, 2.24) is 0 Å². The summed E-state index contributed by atoms with van der Waals surface area (Å²) in [5.41, 5.74) is -0.0400. The fourth-order valence-corrected chi connectivity index (χ4v) is 1.29. The topological polar surface area (TPSA) is 30.2 Å². The van der Waals surface area contributed by atoms with Crippen molar-refractivity contribution in [2.75, 3.05) is 0 Å². The molecule has 0 saturated heterocycles. The third-order valence-electron chi connectivity index (χ3n) is 1.83. The maximum absolute atomic E-state index is 13.1. The molecule has 0 amide bonds. The number of halogens is 1. The summed E-state index contributed by atoms with van der Waals surface area (Å²) in [7, 11) is 0. The van der Waals surface area contributed by atoms with Gasteiger partial charge >= 0.3 is 0 Å². The van der Waals surface area contributed by atoms with Crippen LogP contribution in [0, 0.1) is 12.7 Å². The molecule has 0 aliphatic heterocycles. The van der Waals surface area contributed by atoms with Crippen molar-refractivity contribution in [2.24, 2.45) is 0 Å². The van der Waals surface area contributed by atoms with E-state index in [0.29, 0.717) is 11.3 Å². The summed E-state index contributed by atoms with van der Waals surface area (Å²) < 4.78 is 18.3. The van der Waals surface area contributed by atoms with Crippen LogP contribution >= 0.6 is 0 Å². The van der Waals surface area contributed by atoms with Gasteiger partial charge in [-0.15, -0.1) is 0 Å². The Morgan fingerprint density at radius 2 is 2.15 bits per heavy atom. The Balaban J connectivity index is 3.03. The predicted octanol–water partition coefficient (Wildman–Crippen LogP) is 2.24. The van der Waals surface area contributed by atoms with Crippen LogP contribution in [0.3, 0.4) is 0 Å². The first-order valence-corrected chi connectivity index (χ1v) is 3.87. The normalized spacial score (nSPS) is 10.6. The minimum absolute atomic E-state index is 0.0214. The van der Waals surface area contributed by atoms with Gasteiger partial charge in [0, 0.05) is 6.07 Å². The van der Waals surface area contributed by atoms with Crippen LogP contribution in [0.4, 0.5) is 4.39 Å². The second-order valence-electron chi connectivity index (χ2n) is 2.83. The molecule has 0 N–H and O–H groups in total. The van der Waals surface area contributed by atoms with Crippen molar-refractivity contribution in [1.29, 1.82) is 0 Å². The Labute approximate surface area is 73.6 Å². The molecule has 1 aromatic heterocycles. The van der Waals surface area contributed by atoms with E-state index < -0.39 is 5.82 Å². The molecule has 0 bridgehead atoms. The Morgan fingerprint density at radius 1 is 1.38 bits per heavy atom. The lowest BCUT2D eigenvalue weighted by Gasteiger charge is -1.98. The van der Waals surface area contributed by atoms with Crippen LogP contribution in [-0.4, -0.2) is 0 Å².